The van der Waals surface area contributed by atoms with Crippen LogP contribution in [0.25, 0.3) is 0 Å². The van der Waals surface area contributed by atoms with Crippen LogP contribution in [0.4, 0.5) is 11.4 Å². The first-order chi connectivity index (χ1) is 10.9. The molecular weight excluding hydrogens is 312 g/mol. The van der Waals surface area contributed by atoms with Crippen LogP contribution >= 0.6 is 0 Å². The summed E-state index contributed by atoms with van der Waals surface area (Å²) >= 11 is 0. The van der Waals surface area contributed by atoms with Gasteiger partial charge < -0.3 is 10.5 Å². The second-order valence-electron chi connectivity index (χ2n) is 5.66. The Morgan fingerprint density at radius 2 is 2.00 bits per heavy atom. The third-order valence-corrected chi connectivity index (χ3v) is 6.01. The van der Waals surface area contributed by atoms with Crippen molar-refractivity contribution in [2.45, 2.75) is 24.7 Å². The molecule has 1 aliphatic rings. The number of nitrogens with zero attached hydrogens (tertiary/aromatic N) is 1. The molecule has 122 valence electrons. The fourth-order valence-corrected chi connectivity index (χ4v) is 4.63. The molecule has 3 rings (SSSR count). The molecule has 2 aromatic rings. The minimum absolute atomic E-state index is 0.270. The highest BCUT2D eigenvalue weighted by molar-refractivity contribution is 7.92. The predicted octanol–water partition coefficient (Wildman–Crippen LogP) is 2.73. The fourth-order valence-electron chi connectivity index (χ4n) is 3.01. The van der Waals surface area contributed by atoms with Gasteiger partial charge in [0.1, 0.15) is 5.75 Å². The van der Waals surface area contributed by atoms with Crippen molar-refractivity contribution in [3.05, 3.63) is 47.5 Å². The first-order valence-corrected chi connectivity index (χ1v) is 8.94. The third kappa shape index (κ3) is 2.63. The molecule has 1 aliphatic heterocycles. The van der Waals surface area contributed by atoms with Crippen LogP contribution in [0.15, 0.2) is 41.3 Å². The van der Waals surface area contributed by atoms with Crippen LogP contribution in [0, 0.1) is 6.92 Å². The summed E-state index contributed by atoms with van der Waals surface area (Å²) in [6.45, 7) is 2.30. The zero-order valence-corrected chi connectivity index (χ0v) is 14.1. The number of rotatable bonds is 3. The van der Waals surface area contributed by atoms with Crippen LogP contribution in [-0.4, -0.2) is 22.1 Å². The van der Waals surface area contributed by atoms with Crippen LogP contribution in [-0.2, 0) is 16.4 Å². The quantitative estimate of drug-likeness (QED) is 0.877. The van der Waals surface area contributed by atoms with Crippen molar-refractivity contribution in [1.82, 2.24) is 0 Å². The summed E-state index contributed by atoms with van der Waals surface area (Å²) in [7, 11) is -2.05. The van der Waals surface area contributed by atoms with Crippen LogP contribution < -0.4 is 14.8 Å². The summed E-state index contributed by atoms with van der Waals surface area (Å²) in [5.41, 5.74) is 9.04. The molecule has 2 aromatic carbocycles. The van der Waals surface area contributed by atoms with E-state index in [4.69, 9.17) is 10.5 Å². The highest BCUT2D eigenvalue weighted by Crippen LogP contribution is 2.35. The van der Waals surface area contributed by atoms with Crippen molar-refractivity contribution in [2.24, 2.45) is 0 Å². The Labute approximate surface area is 136 Å². The van der Waals surface area contributed by atoms with Gasteiger partial charge in [-0.3, -0.25) is 4.31 Å². The number of aryl methyl sites for hydroxylation is 1. The van der Waals surface area contributed by atoms with Gasteiger partial charge in [-0.1, -0.05) is 6.07 Å². The standard InChI is InChI=1S/C17H20N2O3S/c1-12-11-13(8-9-17(12)22-2)23(20,21)19-10-4-5-14-15(18)6-3-7-16(14)19/h3,6-9,11H,4-5,10,18H2,1-2H3. The zero-order chi connectivity index (χ0) is 16.6. The lowest BCUT2D eigenvalue weighted by atomic mass is 10.0. The molecule has 1 heterocycles. The topological polar surface area (TPSA) is 72.6 Å². The maximum Gasteiger partial charge on any atom is 0.264 e. The second kappa shape index (κ2) is 5.77. The summed E-state index contributed by atoms with van der Waals surface area (Å²) in [4.78, 5) is 0.270. The average Bonchev–Trinajstić information content (AvgIpc) is 2.54. The summed E-state index contributed by atoms with van der Waals surface area (Å²) in [5.74, 6) is 0.673. The van der Waals surface area contributed by atoms with Gasteiger partial charge >= 0.3 is 0 Å². The van der Waals surface area contributed by atoms with E-state index in [0.717, 1.165) is 24.0 Å². The monoisotopic (exact) mass is 332 g/mol. The molecule has 0 bridgehead atoms. The largest absolute Gasteiger partial charge is 0.496 e. The van der Waals surface area contributed by atoms with Crippen molar-refractivity contribution in [2.75, 3.05) is 23.7 Å². The number of nitrogens with two attached hydrogens (primary N) is 1. The average molecular weight is 332 g/mol. The molecule has 0 aliphatic carbocycles. The number of nitrogen functional groups attached to an aromatic ring is 1. The zero-order valence-electron chi connectivity index (χ0n) is 13.2. The van der Waals surface area contributed by atoms with E-state index in [9.17, 15) is 8.42 Å². The molecule has 0 radical (unpaired) electrons. The van der Waals surface area contributed by atoms with E-state index in [0.29, 0.717) is 23.7 Å². The maximum absolute atomic E-state index is 13.1. The molecule has 0 aromatic heterocycles. The predicted molar refractivity (Wildman–Crippen MR) is 91.4 cm³/mol. The molecule has 0 unspecified atom stereocenters. The smallest absolute Gasteiger partial charge is 0.264 e. The van der Waals surface area contributed by atoms with Gasteiger partial charge in [0.05, 0.1) is 17.7 Å². The van der Waals surface area contributed by atoms with Gasteiger partial charge in [-0.2, -0.15) is 0 Å². The Hall–Kier alpha value is -2.21. The highest BCUT2D eigenvalue weighted by atomic mass is 32.2. The fraction of sp³-hybridized carbons (Fsp3) is 0.294. The van der Waals surface area contributed by atoms with E-state index >= 15 is 0 Å². The third-order valence-electron chi connectivity index (χ3n) is 4.20. The van der Waals surface area contributed by atoms with Crippen molar-refractivity contribution in [1.29, 1.82) is 0 Å². The first-order valence-electron chi connectivity index (χ1n) is 7.50. The van der Waals surface area contributed by atoms with Gasteiger partial charge in [0.25, 0.3) is 10.0 Å². The van der Waals surface area contributed by atoms with E-state index in [1.54, 1.807) is 31.4 Å². The molecule has 2 N–H and O–H groups in total. The van der Waals surface area contributed by atoms with Gasteiger partial charge in [-0.15, -0.1) is 0 Å². The number of benzene rings is 2. The van der Waals surface area contributed by atoms with Gasteiger partial charge in [-0.25, -0.2) is 8.42 Å². The van der Waals surface area contributed by atoms with Gasteiger partial charge in [-0.05, 0) is 61.2 Å². The normalized spacial score (nSPS) is 14.4. The molecule has 23 heavy (non-hydrogen) atoms. The van der Waals surface area contributed by atoms with E-state index in [-0.39, 0.29) is 4.90 Å². The van der Waals surface area contributed by atoms with Crippen molar-refractivity contribution < 1.29 is 13.2 Å². The van der Waals surface area contributed by atoms with Crippen molar-refractivity contribution >= 4 is 21.4 Å². The Morgan fingerprint density at radius 3 is 2.70 bits per heavy atom. The van der Waals surface area contributed by atoms with E-state index in [1.807, 2.05) is 19.1 Å². The summed E-state index contributed by atoms with van der Waals surface area (Å²) in [6.07, 6.45) is 1.56. The Balaban J connectivity index is 2.08. The Morgan fingerprint density at radius 1 is 1.22 bits per heavy atom. The number of anilines is 2. The van der Waals surface area contributed by atoms with Gasteiger partial charge in [0, 0.05) is 12.2 Å². The number of hydrogen-bond donors (Lipinski definition) is 1. The summed E-state index contributed by atoms with van der Waals surface area (Å²) in [6, 6.07) is 10.3. The van der Waals surface area contributed by atoms with Crippen LogP contribution in [0.3, 0.4) is 0 Å². The molecule has 0 fully saturated rings. The van der Waals surface area contributed by atoms with Crippen LogP contribution in [0.2, 0.25) is 0 Å². The molecule has 6 heteroatoms. The van der Waals surface area contributed by atoms with Crippen LogP contribution in [0.5, 0.6) is 5.75 Å². The number of fused-ring (bicyclic) bond motifs is 1. The number of methoxy groups -OCH3 is 1. The second-order valence-corrected chi connectivity index (χ2v) is 7.52. The molecule has 0 spiro atoms. The van der Waals surface area contributed by atoms with Gasteiger partial charge in [0.2, 0.25) is 0 Å². The van der Waals surface area contributed by atoms with E-state index < -0.39 is 10.0 Å². The Bertz CT molecular complexity index is 847. The molecule has 0 saturated heterocycles. The SMILES string of the molecule is COc1ccc(S(=O)(=O)N2CCCc3c(N)cccc32)cc1C. The van der Waals surface area contributed by atoms with Gasteiger partial charge in [0.15, 0.2) is 0 Å². The Kier molecular flexibility index (Phi) is 3.93. The lowest BCUT2D eigenvalue weighted by Gasteiger charge is -2.31. The van der Waals surface area contributed by atoms with E-state index in [2.05, 4.69) is 0 Å². The number of sulfonamides is 1. The molecule has 0 amide bonds. The minimum atomic E-state index is -3.62. The van der Waals surface area contributed by atoms with Crippen LogP contribution in [0.1, 0.15) is 17.5 Å². The lowest BCUT2D eigenvalue weighted by molar-refractivity contribution is 0.411. The number of ether oxygens (including phenoxy) is 1. The van der Waals surface area contributed by atoms with Crippen molar-refractivity contribution in [3.63, 3.8) is 0 Å². The maximum atomic E-state index is 13.1. The minimum Gasteiger partial charge on any atom is -0.496 e. The lowest BCUT2D eigenvalue weighted by Crippen LogP contribution is -2.35. The molecule has 5 nitrogen and oxygen atoms in total. The van der Waals surface area contributed by atoms with E-state index in [1.165, 1.54) is 4.31 Å². The number of hydrogen-bond acceptors (Lipinski definition) is 4. The molecule has 0 saturated carbocycles. The summed E-state index contributed by atoms with van der Waals surface area (Å²) < 4.78 is 32.8. The van der Waals surface area contributed by atoms with Crippen molar-refractivity contribution in [3.8, 4) is 5.75 Å². The summed E-state index contributed by atoms with van der Waals surface area (Å²) in [5, 5.41) is 0. The molecule has 0 atom stereocenters. The molecular formula is C17H20N2O3S. The first kappa shape index (κ1) is 15.7. The highest BCUT2D eigenvalue weighted by Gasteiger charge is 2.30.